The van der Waals surface area contributed by atoms with Crippen LogP contribution in [0.3, 0.4) is 0 Å². The number of aryl methyl sites for hydroxylation is 1. The van der Waals surface area contributed by atoms with Crippen molar-refractivity contribution in [2.75, 3.05) is 25.6 Å². The molecule has 0 saturated carbocycles. The number of thiophene rings is 1. The topological polar surface area (TPSA) is 115 Å². The minimum absolute atomic E-state index is 0.127. The highest BCUT2D eigenvalue weighted by molar-refractivity contribution is 7.90. The molecule has 3 aromatic rings. The van der Waals surface area contributed by atoms with Gasteiger partial charge in [0.2, 0.25) is 10.0 Å². The maximum Gasteiger partial charge on any atom is 0.265 e. The van der Waals surface area contributed by atoms with Crippen molar-refractivity contribution in [3.8, 4) is 16.3 Å². The summed E-state index contributed by atoms with van der Waals surface area (Å²) in [6.07, 6.45) is 5.15. The quantitative estimate of drug-likeness (QED) is 0.406. The van der Waals surface area contributed by atoms with Crippen molar-refractivity contribution in [3.63, 3.8) is 0 Å². The molecule has 2 N–H and O–H groups in total. The highest BCUT2D eigenvalue weighted by Gasteiger charge is 2.26. The number of fused-ring (bicyclic) bond motifs is 1. The number of carbonyl (C=O) groups is 1. The Hall–Kier alpha value is -3.05. The van der Waals surface area contributed by atoms with Gasteiger partial charge in [0.1, 0.15) is 5.75 Å². The molecule has 4 rings (SSSR count). The highest BCUT2D eigenvalue weighted by Crippen LogP contribution is 2.36. The van der Waals surface area contributed by atoms with E-state index in [4.69, 9.17) is 14.5 Å². The Balaban J connectivity index is 1.93. The second kappa shape index (κ2) is 12.0. The van der Waals surface area contributed by atoms with Gasteiger partial charge in [0.25, 0.3) is 5.91 Å². The summed E-state index contributed by atoms with van der Waals surface area (Å²) in [5.74, 6) is -0.658. The van der Waals surface area contributed by atoms with Crippen LogP contribution in [0.5, 0.6) is 5.75 Å². The lowest BCUT2D eigenvalue weighted by molar-refractivity contribution is 0.0243. The molecule has 208 valence electrons. The molecule has 1 aliphatic rings. The zero-order valence-corrected chi connectivity index (χ0v) is 24.1. The Kier molecular flexibility index (Phi) is 8.90. The molecule has 1 aliphatic heterocycles. The van der Waals surface area contributed by atoms with Crippen molar-refractivity contribution in [2.45, 2.75) is 39.7 Å². The third kappa shape index (κ3) is 6.24. The number of aliphatic hydroxyl groups is 1. The second-order valence-corrected chi connectivity index (χ2v) is 12.6. The Morgan fingerprint density at radius 2 is 2.05 bits per heavy atom. The monoisotopic (exact) mass is 570 g/mol. The first kappa shape index (κ1) is 28.9. The normalized spacial score (nSPS) is 15.8. The first-order valence-electron chi connectivity index (χ1n) is 12.8. The van der Waals surface area contributed by atoms with E-state index in [0.29, 0.717) is 35.6 Å². The third-order valence-electron chi connectivity index (χ3n) is 7.02. The Bertz CT molecular complexity index is 1620. The van der Waals surface area contributed by atoms with Gasteiger partial charge in [-0.3, -0.25) is 4.79 Å². The van der Waals surface area contributed by atoms with Gasteiger partial charge >= 0.3 is 0 Å². The molecular formula is C29H34N2O6S2. The van der Waals surface area contributed by atoms with Crippen molar-refractivity contribution < 1.29 is 27.8 Å². The minimum Gasteiger partial charge on any atom is -0.490 e. The number of hydrogen-bond donors (Lipinski definition) is 2. The molecule has 0 bridgehead atoms. The summed E-state index contributed by atoms with van der Waals surface area (Å²) in [6.45, 7) is 14.5. The zero-order valence-electron chi connectivity index (χ0n) is 22.5. The number of nitrogens with zero attached hydrogens (tertiary/aromatic N) is 1. The van der Waals surface area contributed by atoms with Crippen molar-refractivity contribution >= 4 is 50.8 Å². The lowest BCUT2D eigenvalue weighted by atomic mass is 9.94. The van der Waals surface area contributed by atoms with Crippen molar-refractivity contribution in [1.29, 1.82) is 0 Å². The fourth-order valence-electron chi connectivity index (χ4n) is 4.74. The van der Waals surface area contributed by atoms with E-state index in [9.17, 15) is 18.3 Å². The summed E-state index contributed by atoms with van der Waals surface area (Å²) in [4.78, 5) is 19.3. The predicted octanol–water partition coefficient (Wildman–Crippen LogP) is 3.20. The summed E-state index contributed by atoms with van der Waals surface area (Å²) in [7, 11) is -4.05. The average Bonchev–Trinajstić information content (AvgIpc) is 3.18. The van der Waals surface area contributed by atoms with E-state index in [1.807, 2.05) is 32.9 Å². The molecule has 10 heteroatoms. The van der Waals surface area contributed by atoms with Gasteiger partial charge in [0, 0.05) is 17.7 Å². The van der Waals surface area contributed by atoms with Crippen LogP contribution < -0.4 is 19.2 Å². The molecule has 39 heavy (non-hydrogen) atoms. The van der Waals surface area contributed by atoms with E-state index in [1.165, 1.54) is 11.3 Å². The molecule has 3 heterocycles. The summed E-state index contributed by atoms with van der Waals surface area (Å²) < 4.78 is 39.8. The van der Waals surface area contributed by atoms with Gasteiger partial charge < -0.3 is 14.6 Å². The molecule has 0 radical (unpaired) electrons. The van der Waals surface area contributed by atoms with Crippen molar-refractivity contribution in [2.24, 2.45) is 5.92 Å². The van der Waals surface area contributed by atoms with Crippen LogP contribution in [0.1, 0.15) is 41.3 Å². The molecular weight excluding hydrogens is 536 g/mol. The van der Waals surface area contributed by atoms with E-state index in [2.05, 4.69) is 17.9 Å². The molecule has 1 saturated heterocycles. The molecule has 2 aromatic heterocycles. The standard InChI is InChI=1S/C29H34N2O6S2/c1-6-7-25-18(3)19(4)28(38-25)23-16-22(29(33)31-39(34,35)15-12-32)26-24(9-8-17(2)27(26)30-23)37-20(5)21-10-13-36-14-11-21/h6-9,16,20-21,32H,1,3,10-15H2,2,4-5H3,(H,31,33)/b25-7+. The van der Waals surface area contributed by atoms with Gasteiger partial charge in [0.15, 0.2) is 0 Å². The fraction of sp³-hybridized carbons (Fsp3) is 0.379. The smallest absolute Gasteiger partial charge is 0.265 e. The van der Waals surface area contributed by atoms with Crippen LogP contribution in [0.15, 0.2) is 30.9 Å². The van der Waals surface area contributed by atoms with E-state index in [0.717, 1.165) is 38.6 Å². The summed E-state index contributed by atoms with van der Waals surface area (Å²) in [6, 6.07) is 5.29. The number of aliphatic hydroxyl groups excluding tert-OH is 1. The summed E-state index contributed by atoms with van der Waals surface area (Å²) >= 11 is 1.48. The summed E-state index contributed by atoms with van der Waals surface area (Å²) in [5.41, 5.74) is 2.93. The van der Waals surface area contributed by atoms with E-state index in [-0.39, 0.29) is 17.6 Å². The van der Waals surface area contributed by atoms with E-state index >= 15 is 0 Å². The number of hydrogen-bond acceptors (Lipinski definition) is 8. The Labute approximate surface area is 232 Å². The lowest BCUT2D eigenvalue weighted by Gasteiger charge is -2.29. The van der Waals surface area contributed by atoms with Gasteiger partial charge in [-0.05, 0) is 74.1 Å². The first-order chi connectivity index (χ1) is 18.6. The van der Waals surface area contributed by atoms with Crippen LogP contribution in [0, 0.1) is 19.8 Å². The maximum absolute atomic E-state index is 13.5. The zero-order chi connectivity index (χ0) is 28.3. The number of nitrogens with one attached hydrogen (secondary N) is 1. The molecule has 0 spiro atoms. The van der Waals surface area contributed by atoms with Crippen LogP contribution in [-0.2, 0) is 14.8 Å². The number of carbonyl (C=O) groups excluding carboxylic acids is 1. The predicted molar refractivity (Wildman–Crippen MR) is 156 cm³/mol. The number of pyridine rings is 1. The van der Waals surface area contributed by atoms with Crippen LogP contribution in [-0.4, -0.2) is 56.1 Å². The van der Waals surface area contributed by atoms with Gasteiger partial charge in [-0.2, -0.15) is 0 Å². The lowest BCUT2D eigenvalue weighted by Crippen LogP contribution is -2.34. The van der Waals surface area contributed by atoms with Gasteiger partial charge in [0.05, 0.1) is 45.5 Å². The molecule has 1 aromatic carbocycles. The van der Waals surface area contributed by atoms with Gasteiger partial charge in [-0.1, -0.05) is 25.3 Å². The maximum atomic E-state index is 13.5. The molecule has 0 aliphatic carbocycles. The second-order valence-electron chi connectivity index (χ2n) is 9.71. The number of aromatic nitrogens is 1. The number of rotatable bonds is 9. The third-order valence-corrected chi connectivity index (χ3v) is 9.56. The SMILES string of the molecule is C=C/C=c1/sc(-c2cc(C(=O)NS(=O)(=O)CCO)c3c(OC(C)C4CCOCC4)ccc(C)c3n2)c(C)c1=C. The van der Waals surface area contributed by atoms with E-state index in [1.54, 1.807) is 18.2 Å². The number of benzene rings is 1. The Morgan fingerprint density at radius 1 is 1.33 bits per heavy atom. The fourth-order valence-corrected chi connectivity index (χ4v) is 6.62. The molecule has 1 unspecified atom stereocenters. The largest absolute Gasteiger partial charge is 0.490 e. The summed E-state index contributed by atoms with van der Waals surface area (Å²) in [5, 5.41) is 10.5. The molecule has 1 fully saturated rings. The van der Waals surface area contributed by atoms with Crippen molar-refractivity contribution in [3.05, 3.63) is 57.3 Å². The van der Waals surface area contributed by atoms with Crippen LogP contribution >= 0.6 is 11.3 Å². The van der Waals surface area contributed by atoms with Crippen molar-refractivity contribution in [1.82, 2.24) is 9.71 Å². The van der Waals surface area contributed by atoms with E-state index < -0.39 is 28.3 Å². The molecule has 8 nitrogen and oxygen atoms in total. The first-order valence-corrected chi connectivity index (χ1v) is 15.3. The average molecular weight is 571 g/mol. The minimum atomic E-state index is -4.05. The van der Waals surface area contributed by atoms with Gasteiger partial charge in [-0.25, -0.2) is 18.1 Å². The highest BCUT2D eigenvalue weighted by atomic mass is 32.2. The van der Waals surface area contributed by atoms with Crippen LogP contribution in [0.2, 0.25) is 0 Å². The Morgan fingerprint density at radius 3 is 2.72 bits per heavy atom. The van der Waals surface area contributed by atoms with Crippen LogP contribution in [0.4, 0.5) is 0 Å². The number of amides is 1. The molecule has 1 amide bonds. The van der Waals surface area contributed by atoms with Crippen LogP contribution in [0.25, 0.3) is 34.1 Å². The number of sulfonamides is 1. The van der Waals surface area contributed by atoms with Gasteiger partial charge in [-0.15, -0.1) is 11.3 Å². The number of allylic oxidation sites excluding steroid dienone is 1. The molecule has 1 atom stereocenters. The number of ether oxygens (including phenoxy) is 2.